The predicted octanol–water partition coefficient (Wildman–Crippen LogP) is 0.675. The van der Waals surface area contributed by atoms with Gasteiger partial charge >= 0.3 is 0 Å². The van der Waals surface area contributed by atoms with Gasteiger partial charge in [-0.25, -0.2) is 0 Å². The Labute approximate surface area is 57.4 Å². The zero-order chi connectivity index (χ0) is 7.21. The largest absolute Gasteiger partial charge is 0.870 e. The van der Waals surface area contributed by atoms with E-state index in [0.29, 0.717) is 0 Å². The Kier molecular flexibility index (Phi) is 13.0. The summed E-state index contributed by atoms with van der Waals surface area (Å²) < 4.78 is 1.00. The average Bonchev–Trinajstić information content (AvgIpc) is 1.27. The zero-order valence-corrected chi connectivity index (χ0v) is 6.84. The lowest BCUT2D eigenvalue weighted by atomic mass is 10.8. The third-order valence-corrected chi connectivity index (χ3v) is 0. The van der Waals surface area contributed by atoms with Gasteiger partial charge in [0.15, 0.2) is 0 Å². The van der Waals surface area contributed by atoms with Crippen molar-refractivity contribution < 1.29 is 9.96 Å². The Bertz CT molecular complexity index is 72.0. The van der Waals surface area contributed by atoms with Gasteiger partial charge in [0.05, 0.1) is 34.3 Å². The van der Waals surface area contributed by atoms with Crippen LogP contribution >= 0.6 is 0 Å². The number of rotatable bonds is 0. The third kappa shape index (κ3) is 623. The van der Waals surface area contributed by atoms with Crippen LogP contribution in [0, 0.1) is 11.3 Å². The van der Waals surface area contributed by atoms with Crippen LogP contribution in [0.1, 0.15) is 6.92 Å². The van der Waals surface area contributed by atoms with Crippen molar-refractivity contribution in [2.24, 2.45) is 0 Å². The molecular formula is C6H16N2O. The van der Waals surface area contributed by atoms with Crippen molar-refractivity contribution in [3.8, 4) is 6.07 Å². The van der Waals surface area contributed by atoms with Gasteiger partial charge in [-0.1, -0.05) is 0 Å². The lowest BCUT2D eigenvalue weighted by Gasteiger charge is -2.14. The summed E-state index contributed by atoms with van der Waals surface area (Å²) in [5.41, 5.74) is 0. The highest BCUT2D eigenvalue weighted by molar-refractivity contribution is 4.51. The van der Waals surface area contributed by atoms with E-state index in [1.54, 1.807) is 6.07 Å². The highest BCUT2D eigenvalue weighted by atomic mass is 16.0. The average molecular weight is 132 g/mol. The molecule has 0 amide bonds. The van der Waals surface area contributed by atoms with Gasteiger partial charge in [-0.15, -0.1) is 0 Å². The first kappa shape index (κ1) is 15.8. The Hall–Kier alpha value is -0.590. The van der Waals surface area contributed by atoms with Crippen LogP contribution in [-0.4, -0.2) is 38.1 Å². The summed E-state index contributed by atoms with van der Waals surface area (Å²) in [6.07, 6.45) is 0. The molecule has 0 aromatic carbocycles. The van der Waals surface area contributed by atoms with Crippen LogP contribution in [0.2, 0.25) is 0 Å². The summed E-state index contributed by atoms with van der Waals surface area (Å²) in [6, 6.07) is 1.75. The SMILES string of the molecule is CC#N.C[N+](C)(C)C.[OH-]. The standard InChI is InChI=1S/C4H12N.C2H3N.H2O/c1-5(2,3)4;1-2-3;/h1-4H3;1H3;1H2/q+1;;/p-1. The number of quaternary nitrogens is 1. The molecule has 0 spiro atoms. The van der Waals surface area contributed by atoms with Crippen LogP contribution in [0.15, 0.2) is 0 Å². The molecule has 0 saturated heterocycles. The molecule has 0 aliphatic carbocycles. The van der Waals surface area contributed by atoms with Crippen molar-refractivity contribution in [1.82, 2.24) is 0 Å². The third-order valence-electron chi connectivity index (χ3n) is 0. The van der Waals surface area contributed by atoms with Crippen molar-refractivity contribution >= 4 is 0 Å². The van der Waals surface area contributed by atoms with Gasteiger partial charge < -0.3 is 9.96 Å². The molecule has 3 heteroatoms. The number of hydrogen-bond donors (Lipinski definition) is 0. The van der Waals surface area contributed by atoms with E-state index in [1.165, 1.54) is 6.92 Å². The van der Waals surface area contributed by atoms with E-state index < -0.39 is 0 Å². The maximum absolute atomic E-state index is 7.32. The minimum Gasteiger partial charge on any atom is -0.870 e. The summed E-state index contributed by atoms with van der Waals surface area (Å²) in [6.45, 7) is 1.43. The molecule has 9 heavy (non-hydrogen) atoms. The monoisotopic (exact) mass is 132 g/mol. The summed E-state index contributed by atoms with van der Waals surface area (Å²) in [4.78, 5) is 0. The van der Waals surface area contributed by atoms with E-state index in [2.05, 4.69) is 28.2 Å². The molecule has 0 radical (unpaired) electrons. The molecule has 0 saturated carbocycles. The Balaban J connectivity index is -0.0000000800. The second-order valence-corrected chi connectivity index (χ2v) is 2.91. The maximum atomic E-state index is 7.32. The molecule has 0 aliphatic rings. The molecule has 1 N–H and O–H groups in total. The van der Waals surface area contributed by atoms with Crippen LogP contribution in [0.3, 0.4) is 0 Å². The van der Waals surface area contributed by atoms with E-state index >= 15 is 0 Å². The molecule has 3 nitrogen and oxygen atoms in total. The highest BCUT2D eigenvalue weighted by Gasteiger charge is 1.88. The summed E-state index contributed by atoms with van der Waals surface area (Å²) in [5.74, 6) is 0. The first-order valence-electron chi connectivity index (χ1n) is 2.51. The first-order valence-corrected chi connectivity index (χ1v) is 2.51. The molecule has 56 valence electrons. The van der Waals surface area contributed by atoms with E-state index in [-0.39, 0.29) is 5.48 Å². The molecular weight excluding hydrogens is 116 g/mol. The Morgan fingerprint density at radius 2 is 1.11 bits per heavy atom. The van der Waals surface area contributed by atoms with Crippen LogP contribution < -0.4 is 0 Å². The molecule has 0 aromatic rings. The van der Waals surface area contributed by atoms with E-state index in [1.807, 2.05) is 0 Å². The maximum Gasteiger partial charge on any atom is 0.0675 e. The van der Waals surface area contributed by atoms with Gasteiger partial charge in [-0.2, -0.15) is 5.26 Å². The van der Waals surface area contributed by atoms with Crippen molar-refractivity contribution in [1.29, 1.82) is 5.26 Å². The molecule has 0 atom stereocenters. The first-order chi connectivity index (χ1) is 3.41. The fourth-order valence-corrected chi connectivity index (χ4v) is 0. The fraction of sp³-hybridized carbons (Fsp3) is 0.833. The van der Waals surface area contributed by atoms with E-state index in [9.17, 15) is 0 Å². The Morgan fingerprint density at radius 1 is 1.11 bits per heavy atom. The number of nitrogens with zero attached hydrogens (tertiary/aromatic N) is 2. The lowest BCUT2D eigenvalue weighted by Crippen LogP contribution is -2.27. The van der Waals surface area contributed by atoms with Crippen molar-refractivity contribution in [3.63, 3.8) is 0 Å². The van der Waals surface area contributed by atoms with Crippen LogP contribution in [0.5, 0.6) is 0 Å². The van der Waals surface area contributed by atoms with E-state index in [0.717, 1.165) is 4.48 Å². The van der Waals surface area contributed by atoms with Crippen LogP contribution in [0.4, 0.5) is 0 Å². The minimum absolute atomic E-state index is 0. The number of nitriles is 1. The summed E-state index contributed by atoms with van der Waals surface area (Å²) in [7, 11) is 8.50. The molecule has 0 aliphatic heterocycles. The van der Waals surface area contributed by atoms with Gasteiger partial charge in [0.1, 0.15) is 0 Å². The normalized spacial score (nSPS) is 7.56. The van der Waals surface area contributed by atoms with Gasteiger partial charge in [-0.3, -0.25) is 0 Å². The smallest absolute Gasteiger partial charge is 0.0675 e. The fourth-order valence-electron chi connectivity index (χ4n) is 0. The molecule has 0 heterocycles. The lowest BCUT2D eigenvalue weighted by molar-refractivity contribution is -0.849. The van der Waals surface area contributed by atoms with Crippen molar-refractivity contribution in [2.45, 2.75) is 6.92 Å². The molecule has 0 aromatic heterocycles. The van der Waals surface area contributed by atoms with Gasteiger partial charge in [0.25, 0.3) is 0 Å². The van der Waals surface area contributed by atoms with Gasteiger partial charge in [0.2, 0.25) is 0 Å². The molecule has 0 rings (SSSR count). The number of hydrogen-bond acceptors (Lipinski definition) is 2. The van der Waals surface area contributed by atoms with Crippen molar-refractivity contribution in [3.05, 3.63) is 0 Å². The van der Waals surface area contributed by atoms with Crippen LogP contribution in [-0.2, 0) is 0 Å². The van der Waals surface area contributed by atoms with Crippen LogP contribution in [0.25, 0.3) is 0 Å². The van der Waals surface area contributed by atoms with Gasteiger partial charge in [-0.05, 0) is 0 Å². The molecule has 0 bridgehead atoms. The topological polar surface area (TPSA) is 53.8 Å². The van der Waals surface area contributed by atoms with Gasteiger partial charge in [0, 0.05) is 6.92 Å². The van der Waals surface area contributed by atoms with Crippen molar-refractivity contribution in [2.75, 3.05) is 28.2 Å². The minimum atomic E-state index is 0. The Morgan fingerprint density at radius 3 is 1.11 bits per heavy atom. The summed E-state index contributed by atoms with van der Waals surface area (Å²) >= 11 is 0. The second kappa shape index (κ2) is 7.41. The summed E-state index contributed by atoms with van der Waals surface area (Å²) in [5, 5.41) is 7.32. The highest BCUT2D eigenvalue weighted by Crippen LogP contribution is 1.73. The molecule has 0 fully saturated rings. The predicted molar refractivity (Wildman–Crippen MR) is 37.2 cm³/mol. The quantitative estimate of drug-likeness (QED) is 0.455. The second-order valence-electron chi connectivity index (χ2n) is 2.91. The van der Waals surface area contributed by atoms with E-state index in [4.69, 9.17) is 5.26 Å². The molecule has 0 unspecified atom stereocenters. The zero-order valence-electron chi connectivity index (χ0n) is 6.84.